The van der Waals surface area contributed by atoms with Crippen LogP contribution in [0.2, 0.25) is 0 Å². The summed E-state index contributed by atoms with van der Waals surface area (Å²) in [6.07, 6.45) is 5.09. The van der Waals surface area contributed by atoms with Gasteiger partial charge >= 0.3 is 0 Å². The molecular weight excluding hydrogens is 382 g/mol. The number of amides is 2. The summed E-state index contributed by atoms with van der Waals surface area (Å²) in [7, 11) is 1.61. The van der Waals surface area contributed by atoms with Gasteiger partial charge in [-0.1, -0.05) is 31.4 Å². The van der Waals surface area contributed by atoms with Crippen LogP contribution in [0.1, 0.15) is 37.7 Å². The number of imide groups is 1. The van der Waals surface area contributed by atoms with Crippen molar-refractivity contribution in [3.05, 3.63) is 35.5 Å². The molecular formula is C23H31N3O4. The van der Waals surface area contributed by atoms with Gasteiger partial charge in [0, 0.05) is 38.8 Å². The summed E-state index contributed by atoms with van der Waals surface area (Å²) < 4.78 is 5.26. The molecule has 0 bridgehead atoms. The number of piperazine rings is 1. The molecule has 1 aromatic carbocycles. The van der Waals surface area contributed by atoms with E-state index in [0.29, 0.717) is 30.9 Å². The number of benzene rings is 1. The number of carbonyl (C=O) groups excluding carboxylic acids is 2. The normalized spacial score (nSPS) is 21.7. The van der Waals surface area contributed by atoms with Gasteiger partial charge in [-0.05, 0) is 30.5 Å². The lowest BCUT2D eigenvalue weighted by atomic mass is 9.94. The minimum atomic E-state index is -0.162. The molecule has 0 spiro atoms. The van der Waals surface area contributed by atoms with Crippen molar-refractivity contribution in [3.8, 4) is 5.75 Å². The van der Waals surface area contributed by atoms with Crippen LogP contribution in [0.15, 0.2) is 30.0 Å². The highest BCUT2D eigenvalue weighted by molar-refractivity contribution is 6.35. The lowest BCUT2D eigenvalue weighted by Crippen LogP contribution is -2.49. The van der Waals surface area contributed by atoms with Gasteiger partial charge in [0.1, 0.15) is 11.4 Å². The molecule has 0 aromatic heterocycles. The highest BCUT2D eigenvalue weighted by Gasteiger charge is 2.45. The maximum atomic E-state index is 13.6. The zero-order valence-electron chi connectivity index (χ0n) is 17.7. The van der Waals surface area contributed by atoms with Crippen molar-refractivity contribution < 1.29 is 19.4 Å². The molecule has 0 radical (unpaired) electrons. The van der Waals surface area contributed by atoms with Gasteiger partial charge in [-0.15, -0.1) is 0 Å². The Morgan fingerprint density at radius 1 is 0.967 bits per heavy atom. The van der Waals surface area contributed by atoms with E-state index in [1.54, 1.807) is 7.11 Å². The Bertz CT molecular complexity index is 806. The van der Waals surface area contributed by atoms with Gasteiger partial charge in [0.05, 0.1) is 19.3 Å². The van der Waals surface area contributed by atoms with Crippen molar-refractivity contribution >= 4 is 17.4 Å². The summed E-state index contributed by atoms with van der Waals surface area (Å²) in [6.45, 7) is 3.65. The standard InChI is InChI=1S/C23H31N3O4/c1-30-19-9-7-17(8-10-19)20-21(25-13-11-24(12-14-25)15-16-27)23(29)26(22(20)28)18-5-3-2-4-6-18/h7-10,18,27H,2-6,11-16H2,1H3. The number of methoxy groups -OCH3 is 1. The molecule has 7 nitrogen and oxygen atoms in total. The van der Waals surface area contributed by atoms with Crippen molar-refractivity contribution in [2.45, 2.75) is 38.1 Å². The predicted molar refractivity (Wildman–Crippen MR) is 114 cm³/mol. The van der Waals surface area contributed by atoms with E-state index in [2.05, 4.69) is 9.80 Å². The van der Waals surface area contributed by atoms with Crippen LogP contribution in [0, 0.1) is 0 Å². The number of β-amino-alcohol motifs (C(OH)–C–C–N with tert-alkyl or cyclic N) is 1. The zero-order valence-corrected chi connectivity index (χ0v) is 17.7. The van der Waals surface area contributed by atoms with Gasteiger partial charge in [0.2, 0.25) is 0 Å². The van der Waals surface area contributed by atoms with Crippen molar-refractivity contribution in [1.82, 2.24) is 14.7 Å². The van der Waals surface area contributed by atoms with Crippen LogP contribution < -0.4 is 4.74 Å². The maximum absolute atomic E-state index is 13.6. The number of rotatable bonds is 6. The molecule has 3 aliphatic rings. The third-order valence-electron chi connectivity index (χ3n) is 6.51. The molecule has 0 unspecified atom stereocenters. The Kier molecular flexibility index (Phi) is 6.39. The molecule has 7 heteroatoms. The van der Waals surface area contributed by atoms with Crippen LogP contribution in [0.4, 0.5) is 0 Å². The van der Waals surface area contributed by atoms with E-state index in [-0.39, 0.29) is 24.5 Å². The van der Waals surface area contributed by atoms with Crippen LogP contribution in [0.25, 0.3) is 5.57 Å². The summed E-state index contributed by atoms with van der Waals surface area (Å²) in [5.41, 5.74) is 1.82. The van der Waals surface area contributed by atoms with Crippen LogP contribution in [0.5, 0.6) is 5.75 Å². The molecule has 2 fully saturated rings. The first-order chi connectivity index (χ1) is 14.6. The largest absolute Gasteiger partial charge is 0.497 e. The molecule has 1 saturated heterocycles. The SMILES string of the molecule is COc1ccc(C2=C(N3CCN(CCO)CC3)C(=O)N(C3CCCCC3)C2=O)cc1. The van der Waals surface area contributed by atoms with Gasteiger partial charge in [0.25, 0.3) is 11.8 Å². The lowest BCUT2D eigenvalue weighted by molar-refractivity contribution is -0.141. The molecule has 1 aromatic rings. The molecule has 4 rings (SSSR count). The van der Waals surface area contributed by atoms with Crippen molar-refractivity contribution in [2.24, 2.45) is 0 Å². The summed E-state index contributed by atoms with van der Waals surface area (Å²) in [6, 6.07) is 7.40. The van der Waals surface area contributed by atoms with Crippen LogP contribution in [-0.2, 0) is 9.59 Å². The topological polar surface area (TPSA) is 73.3 Å². The average molecular weight is 414 g/mol. The summed E-state index contributed by atoms with van der Waals surface area (Å²) >= 11 is 0. The summed E-state index contributed by atoms with van der Waals surface area (Å²) in [4.78, 5) is 32.9. The Hall–Kier alpha value is -2.38. The molecule has 1 aliphatic carbocycles. The summed E-state index contributed by atoms with van der Waals surface area (Å²) in [5.74, 6) is 0.414. The molecule has 30 heavy (non-hydrogen) atoms. The smallest absolute Gasteiger partial charge is 0.278 e. The van der Waals surface area contributed by atoms with E-state index in [1.807, 2.05) is 24.3 Å². The lowest BCUT2D eigenvalue weighted by Gasteiger charge is -2.36. The highest BCUT2D eigenvalue weighted by atomic mass is 16.5. The Labute approximate surface area is 177 Å². The zero-order chi connectivity index (χ0) is 21.1. The van der Waals surface area contributed by atoms with Gasteiger partial charge in [-0.3, -0.25) is 19.4 Å². The molecule has 2 heterocycles. The van der Waals surface area contributed by atoms with E-state index in [9.17, 15) is 14.7 Å². The fourth-order valence-electron chi connectivity index (χ4n) is 4.85. The first kappa shape index (κ1) is 20.9. The molecule has 1 N–H and O–H groups in total. The van der Waals surface area contributed by atoms with Gasteiger partial charge in [0.15, 0.2) is 0 Å². The first-order valence-corrected chi connectivity index (χ1v) is 11.0. The Balaban J connectivity index is 1.67. The number of aliphatic hydroxyl groups is 1. The Morgan fingerprint density at radius 2 is 1.63 bits per heavy atom. The molecule has 1 saturated carbocycles. The molecule has 162 valence electrons. The first-order valence-electron chi connectivity index (χ1n) is 11.0. The Morgan fingerprint density at radius 3 is 2.23 bits per heavy atom. The van der Waals surface area contributed by atoms with Crippen LogP contribution >= 0.6 is 0 Å². The van der Waals surface area contributed by atoms with Gasteiger partial charge < -0.3 is 14.7 Å². The number of hydrogen-bond donors (Lipinski definition) is 1. The van der Waals surface area contributed by atoms with Crippen LogP contribution in [-0.4, -0.2) is 84.1 Å². The minimum absolute atomic E-state index is 0.000163. The summed E-state index contributed by atoms with van der Waals surface area (Å²) in [5, 5.41) is 9.20. The van der Waals surface area contributed by atoms with E-state index < -0.39 is 0 Å². The monoisotopic (exact) mass is 413 g/mol. The maximum Gasteiger partial charge on any atom is 0.278 e. The van der Waals surface area contributed by atoms with E-state index in [1.165, 1.54) is 11.3 Å². The predicted octanol–water partition coefficient (Wildman–Crippen LogP) is 1.72. The minimum Gasteiger partial charge on any atom is -0.497 e. The second kappa shape index (κ2) is 9.18. The quantitative estimate of drug-likeness (QED) is 0.716. The highest BCUT2D eigenvalue weighted by Crippen LogP contribution is 2.36. The molecule has 0 atom stereocenters. The van der Waals surface area contributed by atoms with Crippen molar-refractivity contribution in [1.29, 1.82) is 0 Å². The number of hydrogen-bond acceptors (Lipinski definition) is 6. The van der Waals surface area contributed by atoms with Gasteiger partial charge in [-0.25, -0.2) is 0 Å². The number of ether oxygens (including phenoxy) is 1. The van der Waals surface area contributed by atoms with E-state index in [0.717, 1.165) is 50.1 Å². The molecule has 2 amide bonds. The number of carbonyl (C=O) groups is 2. The van der Waals surface area contributed by atoms with Gasteiger partial charge in [-0.2, -0.15) is 0 Å². The third kappa shape index (κ3) is 3.96. The fourth-order valence-corrected chi connectivity index (χ4v) is 4.85. The fraction of sp³-hybridized carbons (Fsp3) is 0.565. The second-order valence-electron chi connectivity index (χ2n) is 8.28. The third-order valence-corrected chi connectivity index (χ3v) is 6.51. The van der Waals surface area contributed by atoms with Crippen molar-refractivity contribution in [3.63, 3.8) is 0 Å². The second-order valence-corrected chi connectivity index (χ2v) is 8.28. The van der Waals surface area contributed by atoms with E-state index >= 15 is 0 Å². The van der Waals surface area contributed by atoms with Crippen LogP contribution in [0.3, 0.4) is 0 Å². The van der Waals surface area contributed by atoms with Crippen molar-refractivity contribution in [2.75, 3.05) is 46.4 Å². The number of nitrogens with zero attached hydrogens (tertiary/aromatic N) is 3. The number of aliphatic hydroxyl groups excluding tert-OH is 1. The molecule has 2 aliphatic heterocycles. The van der Waals surface area contributed by atoms with E-state index in [4.69, 9.17) is 4.74 Å². The average Bonchev–Trinajstić information content (AvgIpc) is 3.05.